The maximum Gasteiger partial charge on any atom is 0.225 e. The smallest absolute Gasteiger partial charge is 0.225 e. The van der Waals surface area contributed by atoms with Crippen molar-refractivity contribution in [2.75, 3.05) is 57.8 Å². The molecule has 164 valence electrons. The fourth-order valence-electron chi connectivity index (χ4n) is 3.24. The highest BCUT2D eigenvalue weighted by Crippen LogP contribution is 2.13. The van der Waals surface area contributed by atoms with Crippen LogP contribution >= 0.6 is 24.0 Å². The first kappa shape index (κ1) is 24.1. The molecule has 2 heterocycles. The zero-order valence-electron chi connectivity index (χ0n) is 17.8. The van der Waals surface area contributed by atoms with E-state index in [-0.39, 0.29) is 24.0 Å². The van der Waals surface area contributed by atoms with Crippen LogP contribution in [0.15, 0.2) is 47.7 Å². The van der Waals surface area contributed by atoms with Gasteiger partial charge in [0.1, 0.15) is 5.75 Å². The van der Waals surface area contributed by atoms with E-state index < -0.39 is 0 Å². The molecule has 1 aliphatic heterocycles. The second-order valence-electron chi connectivity index (χ2n) is 6.85. The summed E-state index contributed by atoms with van der Waals surface area (Å²) in [7, 11) is 1.68. The number of hydrogen-bond donors (Lipinski definition) is 2. The Bertz CT molecular complexity index is 767. The van der Waals surface area contributed by atoms with Gasteiger partial charge in [0, 0.05) is 58.2 Å². The maximum atomic E-state index is 5.28. The van der Waals surface area contributed by atoms with Crippen LogP contribution in [-0.4, -0.2) is 73.8 Å². The van der Waals surface area contributed by atoms with E-state index >= 15 is 0 Å². The predicted molar refractivity (Wildman–Crippen MR) is 132 cm³/mol. The van der Waals surface area contributed by atoms with Crippen LogP contribution < -0.4 is 20.3 Å². The van der Waals surface area contributed by atoms with Gasteiger partial charge in [-0.25, -0.2) is 15.0 Å². The summed E-state index contributed by atoms with van der Waals surface area (Å²) < 4.78 is 5.28. The van der Waals surface area contributed by atoms with Crippen molar-refractivity contribution in [2.45, 2.75) is 13.5 Å². The number of benzene rings is 1. The van der Waals surface area contributed by atoms with E-state index in [0.29, 0.717) is 6.54 Å². The number of nitrogens with zero attached hydrogens (tertiary/aromatic N) is 5. The molecule has 30 heavy (non-hydrogen) atoms. The molecule has 3 rings (SSSR count). The normalized spacial score (nSPS) is 14.7. The average Bonchev–Trinajstić information content (AvgIpc) is 2.78. The van der Waals surface area contributed by atoms with Gasteiger partial charge in [-0.15, -0.1) is 24.0 Å². The molecule has 9 heteroatoms. The van der Waals surface area contributed by atoms with Crippen molar-refractivity contribution in [1.82, 2.24) is 25.5 Å². The van der Waals surface area contributed by atoms with Crippen LogP contribution in [0, 0.1) is 0 Å². The lowest BCUT2D eigenvalue weighted by molar-refractivity contribution is 0.260. The van der Waals surface area contributed by atoms with Gasteiger partial charge in [-0.05, 0) is 30.7 Å². The highest BCUT2D eigenvalue weighted by molar-refractivity contribution is 14.0. The number of aliphatic imine (C=N–C) groups is 1. The van der Waals surface area contributed by atoms with Crippen LogP contribution in [0.4, 0.5) is 5.95 Å². The highest BCUT2D eigenvalue weighted by Gasteiger charge is 2.18. The summed E-state index contributed by atoms with van der Waals surface area (Å²) in [4.78, 5) is 18.1. The zero-order chi connectivity index (χ0) is 20.3. The molecule has 0 atom stereocenters. The molecule has 0 unspecified atom stereocenters. The molecular weight excluding hydrogens is 493 g/mol. The summed E-state index contributed by atoms with van der Waals surface area (Å²) in [6.45, 7) is 9.28. The number of guanidine groups is 1. The van der Waals surface area contributed by atoms with Crippen molar-refractivity contribution in [3.05, 3.63) is 48.3 Å². The molecule has 0 spiro atoms. The lowest BCUT2D eigenvalue weighted by atomic mass is 10.2. The topological polar surface area (TPSA) is 77.9 Å². The van der Waals surface area contributed by atoms with Gasteiger partial charge in [-0.2, -0.15) is 0 Å². The van der Waals surface area contributed by atoms with Gasteiger partial charge in [0.2, 0.25) is 5.95 Å². The zero-order valence-corrected chi connectivity index (χ0v) is 20.1. The third kappa shape index (κ3) is 7.60. The number of halogens is 1. The van der Waals surface area contributed by atoms with Crippen LogP contribution in [-0.2, 0) is 6.54 Å². The molecule has 0 aliphatic carbocycles. The van der Waals surface area contributed by atoms with Crippen LogP contribution in [0.5, 0.6) is 5.75 Å². The Labute approximate surface area is 196 Å². The number of piperazine rings is 1. The van der Waals surface area contributed by atoms with E-state index in [1.54, 1.807) is 19.5 Å². The lowest BCUT2D eigenvalue weighted by Gasteiger charge is -2.34. The standard InChI is InChI=1S/C21H31N7O.HI/c1-3-22-20(26-17-18-6-4-7-19(16-18)29-2)23-10-11-27-12-14-28(15-13-27)21-24-8-5-9-25-21;/h4-9,16H,3,10-15,17H2,1-2H3,(H2,22,23,26);1H. The molecule has 8 nitrogen and oxygen atoms in total. The Balaban J connectivity index is 0.00000320. The Morgan fingerprint density at radius 3 is 2.57 bits per heavy atom. The Morgan fingerprint density at radius 2 is 1.87 bits per heavy atom. The molecule has 0 amide bonds. The molecule has 2 aromatic rings. The summed E-state index contributed by atoms with van der Waals surface area (Å²) >= 11 is 0. The van der Waals surface area contributed by atoms with Gasteiger partial charge in [-0.3, -0.25) is 4.90 Å². The van der Waals surface area contributed by atoms with Crippen molar-refractivity contribution in [3.63, 3.8) is 0 Å². The summed E-state index contributed by atoms with van der Waals surface area (Å²) in [5.74, 6) is 2.52. The Kier molecular flexibility index (Phi) is 10.6. The van der Waals surface area contributed by atoms with Gasteiger partial charge in [0.15, 0.2) is 5.96 Å². The van der Waals surface area contributed by atoms with Crippen molar-refractivity contribution < 1.29 is 4.74 Å². The monoisotopic (exact) mass is 525 g/mol. The van der Waals surface area contributed by atoms with E-state index in [1.807, 2.05) is 24.3 Å². The SMILES string of the molecule is CCNC(=NCc1cccc(OC)c1)NCCN1CCN(c2ncccn2)CC1.I. The largest absolute Gasteiger partial charge is 0.497 e. The summed E-state index contributed by atoms with van der Waals surface area (Å²) in [6, 6.07) is 9.86. The molecular formula is C21H32IN7O. The molecule has 0 saturated carbocycles. The minimum atomic E-state index is 0. The minimum absolute atomic E-state index is 0. The summed E-state index contributed by atoms with van der Waals surface area (Å²) in [5.41, 5.74) is 1.13. The van der Waals surface area contributed by atoms with Crippen LogP contribution in [0.1, 0.15) is 12.5 Å². The van der Waals surface area contributed by atoms with Gasteiger partial charge >= 0.3 is 0 Å². The molecule has 2 N–H and O–H groups in total. The second kappa shape index (κ2) is 13.2. The number of anilines is 1. The van der Waals surface area contributed by atoms with Crippen molar-refractivity contribution in [1.29, 1.82) is 0 Å². The first-order chi connectivity index (χ1) is 14.3. The van der Waals surface area contributed by atoms with Crippen LogP contribution in [0.3, 0.4) is 0 Å². The van der Waals surface area contributed by atoms with Crippen LogP contribution in [0.25, 0.3) is 0 Å². The first-order valence-electron chi connectivity index (χ1n) is 10.2. The number of hydrogen-bond acceptors (Lipinski definition) is 6. The number of methoxy groups -OCH3 is 1. The van der Waals surface area contributed by atoms with E-state index in [1.165, 1.54) is 0 Å². The van der Waals surface area contributed by atoms with E-state index in [2.05, 4.69) is 48.4 Å². The predicted octanol–water partition coefficient (Wildman–Crippen LogP) is 1.98. The van der Waals surface area contributed by atoms with Crippen LogP contribution in [0.2, 0.25) is 0 Å². The van der Waals surface area contributed by atoms with Crippen molar-refractivity contribution >= 4 is 35.9 Å². The number of aromatic nitrogens is 2. The van der Waals surface area contributed by atoms with E-state index in [0.717, 1.165) is 69.0 Å². The molecule has 1 aromatic heterocycles. The van der Waals surface area contributed by atoms with Gasteiger partial charge < -0.3 is 20.3 Å². The van der Waals surface area contributed by atoms with E-state index in [9.17, 15) is 0 Å². The number of nitrogens with one attached hydrogen (secondary N) is 2. The third-order valence-electron chi connectivity index (χ3n) is 4.83. The quantitative estimate of drug-likeness (QED) is 0.310. The average molecular weight is 525 g/mol. The highest BCUT2D eigenvalue weighted by atomic mass is 127. The molecule has 0 radical (unpaired) electrons. The molecule has 0 bridgehead atoms. The lowest BCUT2D eigenvalue weighted by Crippen LogP contribution is -2.49. The Hall–Kier alpha value is -2.14. The minimum Gasteiger partial charge on any atom is -0.497 e. The number of rotatable bonds is 8. The summed E-state index contributed by atoms with van der Waals surface area (Å²) in [5, 5.41) is 6.75. The van der Waals surface area contributed by atoms with Gasteiger partial charge in [0.25, 0.3) is 0 Å². The molecule has 1 saturated heterocycles. The van der Waals surface area contributed by atoms with Crippen molar-refractivity contribution in [3.8, 4) is 5.75 Å². The molecule has 1 aliphatic rings. The first-order valence-corrected chi connectivity index (χ1v) is 10.2. The molecule has 1 fully saturated rings. The number of ether oxygens (including phenoxy) is 1. The fraction of sp³-hybridized carbons (Fsp3) is 0.476. The maximum absolute atomic E-state index is 5.28. The van der Waals surface area contributed by atoms with Gasteiger partial charge in [0.05, 0.1) is 13.7 Å². The fourth-order valence-corrected chi connectivity index (χ4v) is 3.24. The van der Waals surface area contributed by atoms with Crippen molar-refractivity contribution in [2.24, 2.45) is 4.99 Å². The Morgan fingerprint density at radius 1 is 1.10 bits per heavy atom. The third-order valence-corrected chi connectivity index (χ3v) is 4.83. The second-order valence-corrected chi connectivity index (χ2v) is 6.85. The van der Waals surface area contributed by atoms with E-state index in [4.69, 9.17) is 4.74 Å². The summed E-state index contributed by atoms with van der Waals surface area (Å²) in [6.07, 6.45) is 3.59. The molecule has 1 aromatic carbocycles. The van der Waals surface area contributed by atoms with Gasteiger partial charge in [-0.1, -0.05) is 12.1 Å².